The summed E-state index contributed by atoms with van der Waals surface area (Å²) in [7, 11) is 0. The molecular formula is C39H42F3N7OS. The van der Waals surface area contributed by atoms with Crippen molar-refractivity contribution < 1.29 is 18.0 Å². The molecule has 1 saturated heterocycles. The summed E-state index contributed by atoms with van der Waals surface area (Å²) in [5.74, 6) is 0.389. The molecule has 0 aliphatic carbocycles. The van der Waals surface area contributed by atoms with E-state index in [0.717, 1.165) is 88.4 Å². The Balaban J connectivity index is 1.12. The van der Waals surface area contributed by atoms with Crippen LogP contribution in [0.25, 0.3) is 22.3 Å². The minimum Gasteiger partial charge on any atom is -0.367 e. The minimum absolute atomic E-state index is 0.170. The molecule has 8 nitrogen and oxygen atoms in total. The number of nitrogens with one attached hydrogen (secondary N) is 2. The Kier molecular flexibility index (Phi) is 10.8. The molecular weight excluding hydrogens is 672 g/mol. The molecule has 0 saturated carbocycles. The number of aliphatic imine (C=N–C) groups is 1. The standard InChI is InChI=1S/C39H42F3N7OS/c1-5-36(50)47-34-22-45-29(17-25(34)3)12-16-49-30(21-43)18-32-26(4)27(8-9-35(32)49)23-48-14-10-28(11-15-48)46-38-33-19-31(20-39(40,41)42)51-37(33)24(2)7-6-13-44-38/h5,8-9,13,17-19,22,28,46H,1,6-7,10-12,14-16,20,23H2,2-4H3,(H,47,50)/b37-24?,38-33+,44-13-. The number of rotatable bonds is 10. The fraction of sp³-hybridized carbons (Fsp3) is 0.385. The fourth-order valence-corrected chi connectivity index (χ4v) is 8.16. The smallest absolute Gasteiger partial charge is 0.367 e. The first-order valence-corrected chi connectivity index (χ1v) is 18.1. The number of aryl methyl sites for hydroxylation is 4. The van der Waals surface area contributed by atoms with Crippen molar-refractivity contribution >= 4 is 51.4 Å². The van der Waals surface area contributed by atoms with E-state index >= 15 is 0 Å². The zero-order chi connectivity index (χ0) is 36.3. The second-order valence-corrected chi connectivity index (χ2v) is 14.6. The van der Waals surface area contributed by atoms with Gasteiger partial charge < -0.3 is 15.2 Å². The molecule has 0 bridgehead atoms. The first-order chi connectivity index (χ1) is 24.4. The summed E-state index contributed by atoms with van der Waals surface area (Å²) in [6, 6.07) is 12.4. The van der Waals surface area contributed by atoms with Gasteiger partial charge in [-0.2, -0.15) is 18.4 Å². The first kappa shape index (κ1) is 36.1. The molecule has 0 atom stereocenters. The van der Waals surface area contributed by atoms with Crippen molar-refractivity contribution in [2.75, 3.05) is 18.4 Å². The largest absolute Gasteiger partial charge is 0.393 e. The van der Waals surface area contributed by atoms with E-state index < -0.39 is 12.6 Å². The molecule has 1 amide bonds. The molecule has 1 aromatic carbocycles. The lowest BCUT2D eigenvalue weighted by Gasteiger charge is -2.33. The number of nitriles is 1. The molecule has 2 aliphatic heterocycles. The van der Waals surface area contributed by atoms with Crippen molar-refractivity contribution in [1.29, 1.82) is 5.26 Å². The maximum Gasteiger partial charge on any atom is 0.393 e. The topological polar surface area (TPSA) is 98.3 Å². The predicted molar refractivity (Wildman–Crippen MR) is 198 cm³/mol. The fourth-order valence-electron chi connectivity index (χ4n) is 6.94. The Morgan fingerprint density at radius 3 is 2.67 bits per heavy atom. The van der Waals surface area contributed by atoms with Crippen LogP contribution in [0.2, 0.25) is 0 Å². The zero-order valence-electron chi connectivity index (χ0n) is 29.2. The average Bonchev–Trinajstić information content (AvgIpc) is 3.67. The lowest BCUT2D eigenvalue weighted by Crippen LogP contribution is -2.43. The van der Waals surface area contributed by atoms with Crippen LogP contribution in [0.3, 0.4) is 0 Å². The van der Waals surface area contributed by atoms with Crippen molar-refractivity contribution in [3.8, 4) is 6.07 Å². The van der Waals surface area contributed by atoms with E-state index in [1.54, 1.807) is 12.3 Å². The van der Waals surface area contributed by atoms with Crippen molar-refractivity contribution in [3.05, 3.63) is 91.9 Å². The molecule has 2 N–H and O–H groups in total. The van der Waals surface area contributed by atoms with Crippen LogP contribution in [0, 0.1) is 25.2 Å². The van der Waals surface area contributed by atoms with Crippen LogP contribution in [-0.2, 0) is 30.7 Å². The van der Waals surface area contributed by atoms with E-state index in [9.17, 15) is 23.2 Å². The van der Waals surface area contributed by atoms with E-state index in [4.69, 9.17) is 4.99 Å². The monoisotopic (exact) mass is 713 g/mol. The van der Waals surface area contributed by atoms with Gasteiger partial charge in [0.05, 0.1) is 18.3 Å². The Bertz CT molecular complexity index is 2160. The molecule has 2 aliphatic rings. The van der Waals surface area contributed by atoms with E-state index in [0.29, 0.717) is 35.0 Å². The maximum absolute atomic E-state index is 13.2. The number of piperidine rings is 1. The Morgan fingerprint density at radius 2 is 1.96 bits per heavy atom. The number of alkyl halides is 3. The Labute approximate surface area is 299 Å². The number of carbonyl (C=O) groups is 1. The van der Waals surface area contributed by atoms with Crippen LogP contribution in [0.5, 0.6) is 0 Å². The van der Waals surface area contributed by atoms with E-state index in [-0.39, 0.29) is 11.9 Å². The van der Waals surface area contributed by atoms with E-state index in [1.165, 1.54) is 23.0 Å². The molecule has 4 aromatic rings. The number of carbonyl (C=O) groups excluding carboxylic acids is 1. The van der Waals surface area contributed by atoms with Crippen LogP contribution in [-0.4, -0.2) is 51.9 Å². The number of thiophene rings is 1. The highest BCUT2D eigenvalue weighted by Gasteiger charge is 2.29. The van der Waals surface area contributed by atoms with Gasteiger partial charge in [-0.15, -0.1) is 11.3 Å². The van der Waals surface area contributed by atoms with Crippen LogP contribution < -0.4 is 20.4 Å². The van der Waals surface area contributed by atoms with Crippen LogP contribution >= 0.6 is 11.3 Å². The highest BCUT2D eigenvalue weighted by atomic mass is 32.1. The van der Waals surface area contributed by atoms with Crippen LogP contribution in [0.1, 0.15) is 65.6 Å². The summed E-state index contributed by atoms with van der Waals surface area (Å²) < 4.78 is 42.6. The number of benzene rings is 1. The average molecular weight is 714 g/mol. The lowest BCUT2D eigenvalue weighted by molar-refractivity contribution is -0.126. The summed E-state index contributed by atoms with van der Waals surface area (Å²) in [6.45, 7) is 12.7. The number of hydrogen-bond acceptors (Lipinski definition) is 7. The summed E-state index contributed by atoms with van der Waals surface area (Å²) in [5.41, 5.74) is 7.51. The molecule has 266 valence electrons. The Morgan fingerprint density at radius 1 is 1.18 bits per heavy atom. The molecule has 0 unspecified atom stereocenters. The first-order valence-electron chi connectivity index (χ1n) is 17.2. The number of likely N-dealkylation sites (tertiary alicyclic amines) is 1. The van der Waals surface area contributed by atoms with Gasteiger partial charge in [-0.3, -0.25) is 14.7 Å². The Hall–Kier alpha value is -4.73. The van der Waals surface area contributed by atoms with Gasteiger partial charge in [0.2, 0.25) is 5.91 Å². The third-order valence-electron chi connectivity index (χ3n) is 9.78. The summed E-state index contributed by atoms with van der Waals surface area (Å²) >= 11 is 1.23. The molecule has 0 spiro atoms. The summed E-state index contributed by atoms with van der Waals surface area (Å²) in [5, 5.41) is 18.2. The molecule has 51 heavy (non-hydrogen) atoms. The summed E-state index contributed by atoms with van der Waals surface area (Å²) in [6.07, 6.45) is 3.53. The van der Waals surface area contributed by atoms with Crippen molar-refractivity contribution in [1.82, 2.24) is 19.8 Å². The van der Waals surface area contributed by atoms with Crippen molar-refractivity contribution in [2.24, 2.45) is 4.99 Å². The number of pyridine rings is 1. The van der Waals surface area contributed by atoms with Gasteiger partial charge in [0.25, 0.3) is 0 Å². The van der Waals surface area contributed by atoms with E-state index in [2.05, 4.69) is 52.2 Å². The SMILES string of the molecule is C=CC(=O)Nc1cnc(CCn2c(C#N)cc3c(C)c(CN4CCC(NC5=c6\cc(CC(F)(F)F)sc6=C(C)CC/C=N\5)CC4)ccc32)cc1C. The number of halogens is 3. The van der Waals surface area contributed by atoms with Gasteiger partial charge in [0, 0.05) is 76.1 Å². The third-order valence-corrected chi connectivity index (χ3v) is 11.1. The van der Waals surface area contributed by atoms with Crippen LogP contribution in [0.15, 0.2) is 54.2 Å². The van der Waals surface area contributed by atoms with Gasteiger partial charge in [0.15, 0.2) is 0 Å². The van der Waals surface area contributed by atoms with Gasteiger partial charge in [-0.1, -0.05) is 18.2 Å². The van der Waals surface area contributed by atoms with Gasteiger partial charge in [-0.05, 0) is 93.5 Å². The highest BCUT2D eigenvalue weighted by molar-refractivity contribution is 7.09. The molecule has 5 heterocycles. The molecule has 1 fully saturated rings. The van der Waals surface area contributed by atoms with Crippen LogP contribution in [0.4, 0.5) is 18.9 Å². The lowest BCUT2D eigenvalue weighted by atomic mass is 10.0. The predicted octanol–water partition coefficient (Wildman–Crippen LogP) is 6.41. The second kappa shape index (κ2) is 15.3. The minimum atomic E-state index is -4.25. The molecule has 12 heteroatoms. The second-order valence-electron chi connectivity index (χ2n) is 13.4. The number of hydrogen-bond donors (Lipinski definition) is 2. The third kappa shape index (κ3) is 8.43. The molecule has 0 radical (unpaired) electrons. The maximum atomic E-state index is 13.2. The molecule has 6 rings (SSSR count). The summed E-state index contributed by atoms with van der Waals surface area (Å²) in [4.78, 5) is 23.7. The molecule has 3 aromatic heterocycles. The number of amides is 1. The number of aromatic nitrogens is 2. The number of nitrogens with zero attached hydrogens (tertiary/aromatic N) is 5. The van der Waals surface area contributed by atoms with E-state index in [1.807, 2.05) is 36.8 Å². The zero-order valence-corrected chi connectivity index (χ0v) is 30.0. The van der Waals surface area contributed by atoms with Crippen molar-refractivity contribution in [3.63, 3.8) is 0 Å². The van der Waals surface area contributed by atoms with Gasteiger partial charge >= 0.3 is 6.18 Å². The van der Waals surface area contributed by atoms with Gasteiger partial charge in [-0.25, -0.2) is 4.99 Å². The number of fused-ring (bicyclic) bond motifs is 2. The number of anilines is 1. The normalized spacial score (nSPS) is 17.4. The van der Waals surface area contributed by atoms with Gasteiger partial charge in [0.1, 0.15) is 17.6 Å². The highest BCUT2D eigenvalue weighted by Crippen LogP contribution is 2.28. The van der Waals surface area contributed by atoms with Crippen molar-refractivity contribution in [2.45, 2.75) is 84.6 Å². The quantitative estimate of drug-likeness (QED) is 0.185.